The molecule has 1 aromatic heterocycles. The molecular weight excluding hydrogens is 299 g/mol. The van der Waals surface area contributed by atoms with Gasteiger partial charge in [0, 0.05) is 0 Å². The van der Waals surface area contributed by atoms with E-state index in [1.165, 1.54) is 30.1 Å². The number of benzene rings is 1. The summed E-state index contributed by atoms with van der Waals surface area (Å²) in [4.78, 5) is 10.9. The molecule has 2 rings (SSSR count). The molecule has 0 radical (unpaired) electrons. The highest BCUT2D eigenvalue weighted by atomic mass is 35.5. The minimum absolute atomic E-state index is 0.300. The third kappa shape index (κ3) is 3.38. The Morgan fingerprint density at radius 1 is 1.48 bits per heavy atom. The van der Waals surface area contributed by atoms with E-state index in [9.17, 15) is 9.18 Å². The van der Waals surface area contributed by atoms with Crippen LogP contribution < -0.4 is 5.43 Å². The van der Waals surface area contributed by atoms with Gasteiger partial charge in [-0.15, -0.1) is 0 Å². The molecule has 21 heavy (non-hydrogen) atoms. The molecule has 1 N–H and O–H groups in total. The van der Waals surface area contributed by atoms with Crippen molar-refractivity contribution in [2.45, 2.75) is 6.92 Å². The van der Waals surface area contributed by atoms with Gasteiger partial charge in [0.25, 0.3) is 0 Å². The van der Waals surface area contributed by atoms with E-state index >= 15 is 0 Å². The Hall–Kier alpha value is -2.41. The van der Waals surface area contributed by atoms with Gasteiger partial charge in [-0.05, 0) is 31.2 Å². The predicted molar refractivity (Wildman–Crippen MR) is 76.4 cm³/mol. The standard InChI is InChI=1S/C13H12ClFN4O2/c1-8-11(7-16-17-13(20)21-2)12(14)19(18-8)10-5-3-9(15)4-6-10/h3-7H,1-2H3,(H,17,20)/b16-7+. The molecule has 2 aromatic rings. The number of nitrogens with zero attached hydrogens (tertiary/aromatic N) is 3. The van der Waals surface area contributed by atoms with Crippen LogP contribution in [-0.2, 0) is 4.74 Å². The second-order valence-electron chi connectivity index (χ2n) is 4.04. The second-order valence-corrected chi connectivity index (χ2v) is 4.40. The van der Waals surface area contributed by atoms with Gasteiger partial charge in [0.15, 0.2) is 0 Å². The van der Waals surface area contributed by atoms with Gasteiger partial charge in [-0.25, -0.2) is 19.3 Å². The summed E-state index contributed by atoms with van der Waals surface area (Å²) in [6.07, 6.45) is 0.674. The first-order valence-electron chi connectivity index (χ1n) is 5.91. The number of hydrogen-bond donors (Lipinski definition) is 1. The zero-order chi connectivity index (χ0) is 15.4. The molecule has 0 atom stereocenters. The van der Waals surface area contributed by atoms with E-state index < -0.39 is 6.09 Å². The third-order valence-corrected chi connectivity index (χ3v) is 3.02. The van der Waals surface area contributed by atoms with E-state index in [1.54, 1.807) is 19.1 Å². The van der Waals surface area contributed by atoms with E-state index in [0.29, 0.717) is 22.1 Å². The molecule has 1 heterocycles. The van der Waals surface area contributed by atoms with Gasteiger partial charge >= 0.3 is 6.09 Å². The van der Waals surface area contributed by atoms with Crippen molar-refractivity contribution in [1.29, 1.82) is 0 Å². The minimum Gasteiger partial charge on any atom is -0.452 e. The van der Waals surface area contributed by atoms with Crippen LogP contribution in [-0.4, -0.2) is 29.2 Å². The summed E-state index contributed by atoms with van der Waals surface area (Å²) in [5, 5.41) is 8.26. The highest BCUT2D eigenvalue weighted by Crippen LogP contribution is 2.22. The SMILES string of the molecule is COC(=O)N/N=C/c1c(C)nn(-c2ccc(F)cc2)c1Cl. The number of aryl methyl sites for hydroxylation is 1. The monoisotopic (exact) mass is 310 g/mol. The van der Waals surface area contributed by atoms with Crippen LogP contribution in [0.25, 0.3) is 5.69 Å². The molecule has 0 aliphatic rings. The van der Waals surface area contributed by atoms with E-state index in [-0.39, 0.29) is 5.82 Å². The summed E-state index contributed by atoms with van der Waals surface area (Å²) < 4.78 is 18.8. The van der Waals surface area contributed by atoms with Gasteiger partial charge in [-0.3, -0.25) is 0 Å². The Morgan fingerprint density at radius 2 is 2.14 bits per heavy atom. The van der Waals surface area contributed by atoms with Crippen molar-refractivity contribution in [3.63, 3.8) is 0 Å². The van der Waals surface area contributed by atoms with Crippen molar-refractivity contribution in [1.82, 2.24) is 15.2 Å². The summed E-state index contributed by atoms with van der Waals surface area (Å²) in [5.41, 5.74) is 3.92. The number of aromatic nitrogens is 2. The molecule has 110 valence electrons. The average Bonchev–Trinajstić information content (AvgIpc) is 2.75. The topological polar surface area (TPSA) is 68.5 Å². The Kier molecular flexibility index (Phi) is 4.54. The van der Waals surface area contributed by atoms with E-state index in [2.05, 4.69) is 20.4 Å². The Labute approximate surface area is 125 Å². The van der Waals surface area contributed by atoms with Crippen LogP contribution in [0.3, 0.4) is 0 Å². The lowest BCUT2D eigenvalue weighted by atomic mass is 10.3. The Bertz CT molecular complexity index is 682. The van der Waals surface area contributed by atoms with Crippen LogP contribution in [0.1, 0.15) is 11.3 Å². The first kappa shape index (κ1) is 15.0. The highest BCUT2D eigenvalue weighted by molar-refractivity contribution is 6.32. The number of hydrazone groups is 1. The largest absolute Gasteiger partial charge is 0.452 e. The van der Waals surface area contributed by atoms with Crippen LogP contribution >= 0.6 is 11.6 Å². The van der Waals surface area contributed by atoms with Gasteiger partial charge < -0.3 is 4.74 Å². The molecule has 0 saturated heterocycles. The summed E-state index contributed by atoms with van der Waals surface area (Å²) in [5.74, 6) is -0.345. The molecule has 1 aromatic carbocycles. The molecule has 8 heteroatoms. The lowest BCUT2D eigenvalue weighted by Crippen LogP contribution is -2.16. The smallest absolute Gasteiger partial charge is 0.427 e. The van der Waals surface area contributed by atoms with E-state index in [4.69, 9.17) is 11.6 Å². The lowest BCUT2D eigenvalue weighted by Gasteiger charge is -2.02. The number of hydrogen-bond acceptors (Lipinski definition) is 4. The van der Waals surface area contributed by atoms with Crippen molar-refractivity contribution in [3.8, 4) is 5.69 Å². The molecule has 0 bridgehead atoms. The van der Waals surface area contributed by atoms with E-state index in [1.807, 2.05) is 0 Å². The zero-order valence-corrected chi connectivity index (χ0v) is 12.1. The molecule has 1 amide bonds. The summed E-state index contributed by atoms with van der Waals surface area (Å²) in [7, 11) is 1.23. The van der Waals surface area contributed by atoms with Crippen LogP contribution in [0.15, 0.2) is 29.4 Å². The number of halogens is 2. The molecular formula is C13H12ClFN4O2. The molecule has 0 fully saturated rings. The quantitative estimate of drug-likeness (QED) is 0.700. The van der Waals surface area contributed by atoms with Crippen molar-refractivity contribution >= 4 is 23.9 Å². The number of amides is 1. The van der Waals surface area contributed by atoms with Crippen molar-refractivity contribution in [2.75, 3.05) is 7.11 Å². The van der Waals surface area contributed by atoms with Crippen molar-refractivity contribution < 1.29 is 13.9 Å². The maximum absolute atomic E-state index is 12.9. The Morgan fingerprint density at radius 3 is 2.76 bits per heavy atom. The normalized spacial score (nSPS) is 10.9. The third-order valence-electron chi connectivity index (χ3n) is 2.65. The summed E-state index contributed by atoms with van der Waals surface area (Å²) >= 11 is 6.22. The fourth-order valence-electron chi connectivity index (χ4n) is 1.61. The van der Waals surface area contributed by atoms with Gasteiger partial charge in [0.2, 0.25) is 0 Å². The number of carbonyl (C=O) groups is 1. The zero-order valence-electron chi connectivity index (χ0n) is 11.3. The van der Waals surface area contributed by atoms with Gasteiger partial charge in [-0.2, -0.15) is 10.2 Å². The van der Waals surface area contributed by atoms with E-state index in [0.717, 1.165) is 0 Å². The summed E-state index contributed by atoms with van der Waals surface area (Å²) in [6.45, 7) is 1.74. The molecule has 0 aliphatic carbocycles. The van der Waals surface area contributed by atoms with Crippen molar-refractivity contribution in [3.05, 3.63) is 46.5 Å². The second kappa shape index (κ2) is 6.36. The van der Waals surface area contributed by atoms with Gasteiger partial charge in [0.05, 0.1) is 30.3 Å². The fourth-order valence-corrected chi connectivity index (χ4v) is 1.93. The lowest BCUT2D eigenvalue weighted by molar-refractivity contribution is 0.171. The molecule has 0 saturated carbocycles. The van der Waals surface area contributed by atoms with Crippen LogP contribution in [0.4, 0.5) is 9.18 Å². The average molecular weight is 311 g/mol. The maximum atomic E-state index is 12.9. The maximum Gasteiger partial charge on any atom is 0.427 e. The fraction of sp³-hybridized carbons (Fsp3) is 0.154. The number of nitrogens with one attached hydrogen (secondary N) is 1. The van der Waals surface area contributed by atoms with Gasteiger partial charge in [-0.1, -0.05) is 11.6 Å². The highest BCUT2D eigenvalue weighted by Gasteiger charge is 2.13. The molecule has 0 aliphatic heterocycles. The molecule has 0 unspecified atom stereocenters. The Balaban J connectivity index is 2.29. The number of carbonyl (C=O) groups excluding carboxylic acids is 1. The number of ether oxygens (including phenoxy) is 1. The van der Waals surface area contributed by atoms with Crippen LogP contribution in [0, 0.1) is 12.7 Å². The predicted octanol–water partition coefficient (Wildman–Crippen LogP) is 2.66. The minimum atomic E-state index is -0.689. The van der Waals surface area contributed by atoms with Crippen LogP contribution in [0.2, 0.25) is 5.15 Å². The van der Waals surface area contributed by atoms with Crippen molar-refractivity contribution in [2.24, 2.45) is 5.10 Å². The molecule has 6 nitrogen and oxygen atoms in total. The molecule has 0 spiro atoms. The first-order valence-corrected chi connectivity index (χ1v) is 6.29. The first-order chi connectivity index (χ1) is 10.0. The number of rotatable bonds is 3. The van der Waals surface area contributed by atoms with Gasteiger partial charge in [0.1, 0.15) is 11.0 Å². The van der Waals surface area contributed by atoms with Crippen LogP contribution in [0.5, 0.6) is 0 Å². The number of methoxy groups -OCH3 is 1. The summed E-state index contributed by atoms with van der Waals surface area (Å²) in [6, 6.07) is 5.74.